The fraction of sp³-hybridized carbons (Fsp3) is 0.188. The zero-order valence-corrected chi connectivity index (χ0v) is 14.3. The molecule has 0 unspecified atom stereocenters. The van der Waals surface area contributed by atoms with Crippen LogP contribution in [0.2, 0.25) is 0 Å². The average Bonchev–Trinajstić information content (AvgIpc) is 2.47. The predicted molar refractivity (Wildman–Crippen MR) is 86.5 cm³/mol. The van der Waals surface area contributed by atoms with Crippen molar-refractivity contribution in [2.45, 2.75) is 13.3 Å². The molecule has 0 aliphatic carbocycles. The first kappa shape index (κ1) is 18.1. The summed E-state index contributed by atoms with van der Waals surface area (Å²) in [6.07, 6.45) is -3.65. The van der Waals surface area contributed by atoms with Crippen molar-refractivity contribution in [2.24, 2.45) is 0 Å². The van der Waals surface area contributed by atoms with Crippen molar-refractivity contribution < 1.29 is 27.4 Å². The van der Waals surface area contributed by atoms with Crippen LogP contribution in [-0.4, -0.2) is 19.7 Å². The van der Waals surface area contributed by atoms with Crippen LogP contribution in [0.25, 0.3) is 0 Å². The second-order valence-corrected chi connectivity index (χ2v) is 5.66. The third kappa shape index (κ3) is 4.41. The summed E-state index contributed by atoms with van der Waals surface area (Å²) >= 11 is 3.34. The lowest BCUT2D eigenvalue weighted by atomic mass is 10.1. The molecule has 4 nitrogen and oxygen atoms in total. The Kier molecular flexibility index (Phi) is 5.38. The van der Waals surface area contributed by atoms with Crippen LogP contribution in [0.15, 0.2) is 34.8 Å². The second kappa shape index (κ2) is 7.12. The maximum atomic E-state index is 12.3. The van der Waals surface area contributed by atoms with Crippen LogP contribution in [0.5, 0.6) is 23.0 Å². The van der Waals surface area contributed by atoms with E-state index in [2.05, 4.69) is 20.7 Å². The molecular weight excluding hydrogens is 391 g/mol. The highest BCUT2D eigenvalue weighted by atomic mass is 79.9. The van der Waals surface area contributed by atoms with E-state index in [9.17, 15) is 13.2 Å². The first-order valence-electron chi connectivity index (χ1n) is 6.65. The van der Waals surface area contributed by atoms with Gasteiger partial charge in [0.25, 0.3) is 0 Å². The van der Waals surface area contributed by atoms with Gasteiger partial charge in [-0.2, -0.15) is 0 Å². The fourth-order valence-electron chi connectivity index (χ4n) is 2.04. The van der Waals surface area contributed by atoms with Gasteiger partial charge in [0, 0.05) is 22.3 Å². The van der Waals surface area contributed by atoms with E-state index in [1.54, 1.807) is 6.07 Å². The molecule has 0 aliphatic heterocycles. The average molecular weight is 404 g/mol. The third-order valence-corrected chi connectivity index (χ3v) is 3.50. The van der Waals surface area contributed by atoms with Gasteiger partial charge in [0.05, 0.1) is 7.11 Å². The molecule has 0 spiro atoms. The first-order valence-corrected chi connectivity index (χ1v) is 7.45. The van der Waals surface area contributed by atoms with Gasteiger partial charge >= 0.3 is 6.36 Å². The second-order valence-electron chi connectivity index (χ2n) is 4.74. The van der Waals surface area contributed by atoms with Crippen LogP contribution in [-0.2, 0) is 0 Å². The number of ether oxygens (including phenoxy) is 3. The summed E-state index contributed by atoms with van der Waals surface area (Å²) in [6, 6.07) is 7.00. The van der Waals surface area contributed by atoms with E-state index in [-0.39, 0.29) is 11.5 Å². The van der Waals surface area contributed by atoms with Gasteiger partial charge in [0.1, 0.15) is 11.5 Å². The van der Waals surface area contributed by atoms with Gasteiger partial charge in [-0.05, 0) is 36.8 Å². The monoisotopic (exact) mass is 403 g/mol. The molecule has 0 saturated heterocycles. The predicted octanol–water partition coefficient (Wildman–Crippen LogP) is 5.45. The number of rotatable bonds is 5. The zero-order chi connectivity index (χ0) is 17.9. The van der Waals surface area contributed by atoms with Crippen LogP contribution in [0.4, 0.5) is 13.2 Å². The Morgan fingerprint density at radius 3 is 2.38 bits per heavy atom. The van der Waals surface area contributed by atoms with Crippen LogP contribution in [0, 0.1) is 12.3 Å². The Bertz CT molecular complexity index is 763. The summed E-state index contributed by atoms with van der Waals surface area (Å²) in [4.78, 5) is 0. The number of alkyl halides is 3. The normalized spacial score (nSPS) is 11.1. The van der Waals surface area contributed by atoms with Gasteiger partial charge in [-0.15, -0.1) is 13.2 Å². The molecule has 0 heterocycles. The molecule has 2 aromatic carbocycles. The Hall–Kier alpha value is -2.22. The summed E-state index contributed by atoms with van der Waals surface area (Å²) < 4.78 is 52.3. The number of methoxy groups -OCH3 is 1. The molecular formula is C16H13BrF3NO3. The molecule has 1 N–H and O–H groups in total. The zero-order valence-electron chi connectivity index (χ0n) is 12.7. The molecule has 0 atom stereocenters. The van der Waals surface area contributed by atoms with E-state index in [0.717, 1.165) is 28.4 Å². The highest BCUT2D eigenvalue weighted by Gasteiger charge is 2.31. The van der Waals surface area contributed by atoms with Crippen molar-refractivity contribution in [1.82, 2.24) is 0 Å². The SMILES string of the molecule is COc1cc(OC(F)(F)F)ccc1Oc1cc(Br)cc(C)c1C=N. The molecule has 0 aliphatic rings. The minimum Gasteiger partial charge on any atom is -0.493 e. The molecule has 2 rings (SSSR count). The van der Waals surface area contributed by atoms with Crippen molar-refractivity contribution in [1.29, 1.82) is 5.41 Å². The van der Waals surface area contributed by atoms with E-state index in [1.807, 2.05) is 13.0 Å². The van der Waals surface area contributed by atoms with Gasteiger partial charge in [0.15, 0.2) is 11.5 Å². The maximum absolute atomic E-state index is 12.3. The molecule has 0 aromatic heterocycles. The minimum absolute atomic E-state index is 0.0744. The summed E-state index contributed by atoms with van der Waals surface area (Å²) in [5.41, 5.74) is 1.36. The van der Waals surface area contributed by atoms with Gasteiger partial charge in [-0.1, -0.05) is 15.9 Å². The van der Waals surface area contributed by atoms with Gasteiger partial charge in [-0.3, -0.25) is 0 Å². The fourth-order valence-corrected chi connectivity index (χ4v) is 2.59. The van der Waals surface area contributed by atoms with Crippen molar-refractivity contribution in [2.75, 3.05) is 7.11 Å². The van der Waals surface area contributed by atoms with E-state index in [4.69, 9.17) is 14.9 Å². The van der Waals surface area contributed by atoms with Crippen LogP contribution >= 0.6 is 15.9 Å². The molecule has 0 saturated carbocycles. The highest BCUT2D eigenvalue weighted by molar-refractivity contribution is 9.10. The lowest BCUT2D eigenvalue weighted by molar-refractivity contribution is -0.274. The number of nitrogens with one attached hydrogen (secondary N) is 1. The van der Waals surface area contributed by atoms with E-state index in [0.29, 0.717) is 11.3 Å². The van der Waals surface area contributed by atoms with Crippen LogP contribution in [0.3, 0.4) is 0 Å². The quantitative estimate of drug-likeness (QED) is 0.674. The highest BCUT2D eigenvalue weighted by Crippen LogP contribution is 2.38. The van der Waals surface area contributed by atoms with Gasteiger partial charge in [0.2, 0.25) is 0 Å². The molecule has 0 fully saturated rings. The van der Waals surface area contributed by atoms with Crippen molar-refractivity contribution in [3.8, 4) is 23.0 Å². The molecule has 0 radical (unpaired) electrons. The third-order valence-electron chi connectivity index (χ3n) is 3.05. The summed E-state index contributed by atoms with van der Waals surface area (Å²) in [6.45, 7) is 1.81. The topological polar surface area (TPSA) is 51.5 Å². The van der Waals surface area contributed by atoms with E-state index in [1.165, 1.54) is 13.2 Å². The van der Waals surface area contributed by atoms with Crippen LogP contribution < -0.4 is 14.2 Å². The number of halogens is 4. The Morgan fingerprint density at radius 1 is 1.08 bits per heavy atom. The lowest BCUT2D eigenvalue weighted by Crippen LogP contribution is -2.17. The Labute approximate surface area is 144 Å². The number of hydrogen-bond acceptors (Lipinski definition) is 4. The van der Waals surface area contributed by atoms with Crippen LogP contribution in [0.1, 0.15) is 11.1 Å². The van der Waals surface area contributed by atoms with Gasteiger partial charge < -0.3 is 19.6 Å². The van der Waals surface area contributed by atoms with E-state index < -0.39 is 12.1 Å². The molecule has 8 heteroatoms. The minimum atomic E-state index is -4.79. The lowest BCUT2D eigenvalue weighted by Gasteiger charge is -2.15. The summed E-state index contributed by atoms with van der Waals surface area (Å²) in [5, 5.41) is 7.50. The maximum Gasteiger partial charge on any atom is 0.573 e. The standard InChI is InChI=1S/C16H13BrF3NO3/c1-9-5-10(17)6-14(12(9)8-21)23-13-4-3-11(7-15(13)22-2)24-16(18,19)20/h3-8,21H,1-2H3. The number of hydrogen-bond donors (Lipinski definition) is 1. The number of benzene rings is 2. The molecule has 2 aromatic rings. The van der Waals surface area contributed by atoms with E-state index >= 15 is 0 Å². The van der Waals surface area contributed by atoms with Crippen molar-refractivity contribution in [3.63, 3.8) is 0 Å². The molecule has 0 bridgehead atoms. The summed E-state index contributed by atoms with van der Waals surface area (Å²) in [7, 11) is 1.31. The first-order chi connectivity index (χ1) is 11.2. The Balaban J connectivity index is 2.38. The van der Waals surface area contributed by atoms with Crippen molar-refractivity contribution >= 4 is 22.1 Å². The smallest absolute Gasteiger partial charge is 0.493 e. The molecule has 24 heavy (non-hydrogen) atoms. The molecule has 0 amide bonds. The Morgan fingerprint density at radius 2 is 1.79 bits per heavy atom. The molecule has 128 valence electrons. The number of aryl methyl sites for hydroxylation is 1. The summed E-state index contributed by atoms with van der Waals surface area (Å²) in [5.74, 6) is 0.238. The van der Waals surface area contributed by atoms with Crippen molar-refractivity contribution in [3.05, 3.63) is 45.9 Å². The van der Waals surface area contributed by atoms with Gasteiger partial charge in [-0.25, -0.2) is 0 Å². The largest absolute Gasteiger partial charge is 0.573 e.